The van der Waals surface area contributed by atoms with Gasteiger partial charge in [-0.15, -0.1) is 0 Å². The highest BCUT2D eigenvalue weighted by Crippen LogP contribution is 2.35. The maximum Gasteiger partial charge on any atom is 0.314 e. The van der Waals surface area contributed by atoms with Crippen LogP contribution in [0.2, 0.25) is 0 Å². The number of anilines is 1. The minimum Gasteiger partial charge on any atom is -0.495 e. The summed E-state index contributed by atoms with van der Waals surface area (Å²) in [6.07, 6.45) is 7.00. The van der Waals surface area contributed by atoms with Crippen LogP contribution < -0.4 is 10.1 Å². The maximum atomic E-state index is 13.0. The van der Waals surface area contributed by atoms with Gasteiger partial charge in [0.1, 0.15) is 5.75 Å². The number of aromatic nitrogens is 2. The molecule has 0 radical (unpaired) electrons. The van der Waals surface area contributed by atoms with Crippen molar-refractivity contribution in [1.29, 1.82) is 5.26 Å². The first kappa shape index (κ1) is 28.5. The Labute approximate surface area is 234 Å². The van der Waals surface area contributed by atoms with Crippen molar-refractivity contribution in [3.63, 3.8) is 0 Å². The number of carbonyl (C=O) groups is 1. The zero-order valence-electron chi connectivity index (χ0n) is 23.2. The Kier molecular flexibility index (Phi) is 9.60. The van der Waals surface area contributed by atoms with Crippen LogP contribution in [0, 0.1) is 11.3 Å². The van der Waals surface area contributed by atoms with Crippen LogP contribution in [0.1, 0.15) is 36.3 Å². The van der Waals surface area contributed by atoms with Gasteiger partial charge in [-0.1, -0.05) is 30.4 Å². The Bertz CT molecular complexity index is 1490. The van der Waals surface area contributed by atoms with E-state index in [1.807, 2.05) is 37.4 Å². The number of likely N-dealkylation sites (N-methyl/N-ethyl adjacent to an activating group) is 1. The molecule has 1 saturated carbocycles. The molecule has 40 heavy (non-hydrogen) atoms. The van der Waals surface area contributed by atoms with Crippen LogP contribution in [-0.2, 0) is 4.74 Å². The Morgan fingerprint density at radius 3 is 2.70 bits per heavy atom. The standard InChI is InChI=1S/C31H34N6O3/c1-21(18-32)19-34-29-26-17-24(8-7-23(26)9-12-28(29)40-4)27-13-14-33-30(36-27)31(38)35-25-10-5-22(6-11-25)20-37(2)15-16-39-3/h7-9,12-14,17,20,34H,1,5-6,10-11,15-16,19H2,2-4H3. The number of fused-ring (bicyclic) bond motifs is 1. The second-order valence-electron chi connectivity index (χ2n) is 9.66. The summed E-state index contributed by atoms with van der Waals surface area (Å²) in [6.45, 7) is 5.57. The molecule has 0 aliphatic heterocycles. The number of ether oxygens (including phenoxy) is 2. The molecule has 0 unspecified atom stereocenters. The summed E-state index contributed by atoms with van der Waals surface area (Å²) in [6, 6.07) is 13.6. The lowest BCUT2D eigenvalue weighted by molar-refractivity contribution is 0.0992. The number of nitrogens with one attached hydrogen (secondary N) is 1. The van der Waals surface area contributed by atoms with E-state index in [-0.39, 0.29) is 5.82 Å². The lowest BCUT2D eigenvalue weighted by atomic mass is 9.93. The molecule has 1 heterocycles. The molecule has 2 aromatic carbocycles. The molecule has 206 valence electrons. The fourth-order valence-corrected chi connectivity index (χ4v) is 4.57. The van der Waals surface area contributed by atoms with Gasteiger partial charge in [0, 0.05) is 55.7 Å². The van der Waals surface area contributed by atoms with Gasteiger partial charge in [-0.25, -0.2) is 15.0 Å². The molecule has 4 rings (SSSR count). The van der Waals surface area contributed by atoms with Crippen molar-refractivity contribution in [2.24, 2.45) is 4.99 Å². The average Bonchev–Trinajstić information content (AvgIpc) is 2.99. The van der Waals surface area contributed by atoms with Gasteiger partial charge in [-0.05, 0) is 55.5 Å². The quantitative estimate of drug-likeness (QED) is 0.341. The van der Waals surface area contributed by atoms with Crippen molar-refractivity contribution in [2.45, 2.75) is 25.7 Å². The predicted molar refractivity (Wildman–Crippen MR) is 158 cm³/mol. The number of benzene rings is 2. The van der Waals surface area contributed by atoms with E-state index in [1.54, 1.807) is 26.5 Å². The number of carbonyl (C=O) groups excluding carboxylic acids is 1. The van der Waals surface area contributed by atoms with Gasteiger partial charge in [0.25, 0.3) is 0 Å². The monoisotopic (exact) mass is 538 g/mol. The van der Waals surface area contributed by atoms with E-state index in [4.69, 9.17) is 14.7 Å². The Hall–Kier alpha value is -4.55. The third-order valence-corrected chi connectivity index (χ3v) is 6.76. The summed E-state index contributed by atoms with van der Waals surface area (Å²) < 4.78 is 10.7. The Morgan fingerprint density at radius 1 is 1.20 bits per heavy atom. The van der Waals surface area contributed by atoms with E-state index in [0.29, 0.717) is 30.2 Å². The Balaban J connectivity index is 1.53. The van der Waals surface area contributed by atoms with Crippen molar-refractivity contribution < 1.29 is 14.3 Å². The highest BCUT2D eigenvalue weighted by Gasteiger charge is 2.17. The van der Waals surface area contributed by atoms with Crippen molar-refractivity contribution >= 4 is 28.1 Å². The first-order valence-corrected chi connectivity index (χ1v) is 13.2. The first-order chi connectivity index (χ1) is 19.4. The van der Waals surface area contributed by atoms with Crippen LogP contribution in [0.4, 0.5) is 5.69 Å². The van der Waals surface area contributed by atoms with E-state index < -0.39 is 5.91 Å². The first-order valence-electron chi connectivity index (χ1n) is 13.2. The van der Waals surface area contributed by atoms with Crippen LogP contribution in [0.5, 0.6) is 5.75 Å². The summed E-state index contributed by atoms with van der Waals surface area (Å²) >= 11 is 0. The summed E-state index contributed by atoms with van der Waals surface area (Å²) in [7, 11) is 5.34. The molecule has 9 nitrogen and oxygen atoms in total. The largest absolute Gasteiger partial charge is 0.495 e. The fraction of sp³-hybridized carbons (Fsp3) is 0.323. The van der Waals surface area contributed by atoms with Crippen LogP contribution in [0.15, 0.2) is 71.5 Å². The molecule has 0 spiro atoms. The van der Waals surface area contributed by atoms with E-state index in [0.717, 1.165) is 60.0 Å². The van der Waals surface area contributed by atoms with Crippen molar-refractivity contribution in [3.8, 4) is 23.1 Å². The molecular weight excluding hydrogens is 504 g/mol. The molecule has 0 bridgehead atoms. The molecule has 1 aromatic heterocycles. The van der Waals surface area contributed by atoms with Gasteiger partial charge in [0.15, 0.2) is 0 Å². The lowest BCUT2D eigenvalue weighted by Gasteiger charge is -2.20. The number of nitriles is 1. The summed E-state index contributed by atoms with van der Waals surface area (Å²) in [5, 5.41) is 14.3. The van der Waals surface area contributed by atoms with E-state index >= 15 is 0 Å². The molecule has 3 aromatic rings. The minimum atomic E-state index is -0.429. The van der Waals surface area contributed by atoms with Gasteiger partial charge < -0.3 is 19.7 Å². The van der Waals surface area contributed by atoms with Crippen LogP contribution in [0.25, 0.3) is 22.0 Å². The molecule has 1 aliphatic carbocycles. The van der Waals surface area contributed by atoms with E-state index in [9.17, 15) is 4.79 Å². The van der Waals surface area contributed by atoms with Crippen molar-refractivity contribution in [1.82, 2.24) is 14.9 Å². The normalized spacial score (nSPS) is 12.9. The number of aliphatic imine (C=N–C) groups is 1. The lowest BCUT2D eigenvalue weighted by Crippen LogP contribution is -2.19. The number of rotatable bonds is 10. The fourth-order valence-electron chi connectivity index (χ4n) is 4.57. The molecular formula is C31H34N6O3. The number of amides is 1. The molecule has 0 atom stereocenters. The van der Waals surface area contributed by atoms with Gasteiger partial charge in [-0.3, -0.25) is 4.79 Å². The number of allylic oxidation sites excluding steroid dienone is 1. The molecule has 1 N–H and O–H groups in total. The number of hydrogen-bond acceptors (Lipinski definition) is 8. The number of hydrogen-bond donors (Lipinski definition) is 1. The topological polar surface area (TPSA) is 113 Å². The third kappa shape index (κ3) is 7.10. The molecule has 1 aliphatic rings. The van der Waals surface area contributed by atoms with Crippen molar-refractivity contribution in [3.05, 3.63) is 72.3 Å². The van der Waals surface area contributed by atoms with E-state index in [2.05, 4.69) is 44.0 Å². The predicted octanol–water partition coefficient (Wildman–Crippen LogP) is 5.41. The summed E-state index contributed by atoms with van der Waals surface area (Å²) in [5.41, 5.74) is 4.83. The highest BCUT2D eigenvalue weighted by atomic mass is 16.5. The SMILES string of the molecule is C=C(C#N)CNc1c(OC)ccc2ccc(-c3ccnc(C(=O)N=C4CCC(=CN(C)CCOC)CC4)n3)cc12. The van der Waals surface area contributed by atoms with E-state index in [1.165, 1.54) is 5.57 Å². The zero-order chi connectivity index (χ0) is 28.5. The van der Waals surface area contributed by atoms with Gasteiger partial charge in [-0.2, -0.15) is 5.26 Å². The van der Waals surface area contributed by atoms with Gasteiger partial charge in [0.2, 0.25) is 5.82 Å². The van der Waals surface area contributed by atoms with Crippen LogP contribution >= 0.6 is 0 Å². The zero-order valence-corrected chi connectivity index (χ0v) is 23.2. The molecule has 1 amide bonds. The van der Waals surface area contributed by atoms with Crippen LogP contribution in [0.3, 0.4) is 0 Å². The maximum absolute atomic E-state index is 13.0. The summed E-state index contributed by atoms with van der Waals surface area (Å²) in [5.74, 6) is 0.290. The molecule has 0 saturated heterocycles. The van der Waals surface area contributed by atoms with Gasteiger partial charge in [0.05, 0.1) is 31.2 Å². The van der Waals surface area contributed by atoms with Gasteiger partial charge >= 0.3 is 5.91 Å². The summed E-state index contributed by atoms with van der Waals surface area (Å²) in [4.78, 5) is 28.3. The number of nitrogens with zero attached hydrogens (tertiary/aromatic N) is 5. The second kappa shape index (κ2) is 13.5. The molecule has 9 heteroatoms. The Morgan fingerprint density at radius 2 is 1.98 bits per heavy atom. The number of methoxy groups -OCH3 is 2. The average molecular weight is 539 g/mol. The smallest absolute Gasteiger partial charge is 0.314 e. The second-order valence-corrected chi connectivity index (χ2v) is 9.66. The van der Waals surface area contributed by atoms with Crippen LogP contribution in [-0.4, -0.2) is 67.5 Å². The molecule has 1 fully saturated rings. The highest BCUT2D eigenvalue weighted by molar-refractivity contribution is 6.03. The third-order valence-electron chi connectivity index (χ3n) is 6.76. The van der Waals surface area contributed by atoms with Crippen molar-refractivity contribution in [2.75, 3.05) is 46.3 Å². The minimum absolute atomic E-state index is 0.0695.